The first kappa shape index (κ1) is 18.0. The number of thioether (sulfide) groups is 1. The van der Waals surface area contributed by atoms with Gasteiger partial charge < -0.3 is 13.9 Å². The van der Waals surface area contributed by atoms with Gasteiger partial charge in [0.25, 0.3) is 0 Å². The molecule has 1 atom stereocenters. The van der Waals surface area contributed by atoms with E-state index in [1.807, 2.05) is 63.9 Å². The van der Waals surface area contributed by atoms with Crippen LogP contribution in [0.3, 0.4) is 0 Å². The normalized spacial score (nSPS) is 19.0. The van der Waals surface area contributed by atoms with Crippen molar-refractivity contribution in [2.45, 2.75) is 44.9 Å². The molecule has 2 rings (SSSR count). The van der Waals surface area contributed by atoms with Gasteiger partial charge in [0, 0.05) is 18.3 Å². The molecular weight excluding hydrogens is 337 g/mol. The first-order chi connectivity index (χ1) is 10.2. The third kappa shape index (κ3) is 3.74. The largest absolute Gasteiger partial charge is 0.348 e. The minimum atomic E-state index is -3.35. The predicted molar refractivity (Wildman–Crippen MR) is 97.8 cm³/mol. The fraction of sp³-hybridized carbons (Fsp3) is 0.533. The highest BCUT2D eigenvalue weighted by Crippen LogP contribution is 2.69. The van der Waals surface area contributed by atoms with Crippen molar-refractivity contribution in [2.24, 2.45) is 0 Å². The van der Waals surface area contributed by atoms with Crippen molar-refractivity contribution in [3.05, 3.63) is 29.8 Å². The maximum Gasteiger partial charge on any atom is 0.348 e. The molecule has 0 spiro atoms. The minimum Gasteiger partial charge on any atom is -0.330 e. The summed E-state index contributed by atoms with van der Waals surface area (Å²) < 4.78 is 25.7. The smallest absolute Gasteiger partial charge is 0.330 e. The van der Waals surface area contributed by atoms with Crippen LogP contribution in [-0.2, 0) is 13.6 Å². The van der Waals surface area contributed by atoms with Crippen LogP contribution in [0.5, 0.6) is 0 Å². The topological polar surface area (TPSA) is 38.8 Å². The number of para-hydroxylation sites is 1. The van der Waals surface area contributed by atoms with Crippen LogP contribution in [0.25, 0.3) is 0 Å². The number of thiocarbonyl (C=S) groups is 1. The quantitative estimate of drug-likeness (QED) is 0.532. The van der Waals surface area contributed by atoms with E-state index in [9.17, 15) is 4.57 Å². The van der Waals surface area contributed by atoms with E-state index in [0.29, 0.717) is 4.32 Å². The fourth-order valence-corrected chi connectivity index (χ4v) is 6.79. The standard InChI is InChI=1S/C15H22NO3PS2/c1-10(2)18-20(17,19-11(3)4)14-12-8-6-7-9-13(12)16(5)15(21)22-14/h6-11,14H,1-5H3. The van der Waals surface area contributed by atoms with Crippen LogP contribution in [0.15, 0.2) is 24.3 Å². The van der Waals surface area contributed by atoms with E-state index >= 15 is 0 Å². The van der Waals surface area contributed by atoms with Gasteiger partial charge in [0.15, 0.2) is 0 Å². The zero-order chi connectivity index (χ0) is 16.5. The monoisotopic (exact) mass is 359 g/mol. The fourth-order valence-electron chi connectivity index (χ4n) is 2.30. The maximum atomic E-state index is 13.5. The van der Waals surface area contributed by atoms with Gasteiger partial charge in [-0.15, -0.1) is 0 Å². The first-order valence-electron chi connectivity index (χ1n) is 7.24. The molecule has 1 aliphatic rings. The van der Waals surface area contributed by atoms with Gasteiger partial charge in [-0.1, -0.05) is 42.2 Å². The summed E-state index contributed by atoms with van der Waals surface area (Å²) in [5.74, 6) is 0. The Kier molecular flexibility index (Phi) is 5.73. The van der Waals surface area contributed by atoms with Crippen LogP contribution in [0, 0.1) is 0 Å². The molecule has 122 valence electrons. The van der Waals surface area contributed by atoms with Crippen molar-refractivity contribution in [3.8, 4) is 0 Å². The van der Waals surface area contributed by atoms with Crippen LogP contribution < -0.4 is 4.90 Å². The highest BCUT2D eigenvalue weighted by atomic mass is 32.2. The Hall–Kier alpha value is -0.390. The summed E-state index contributed by atoms with van der Waals surface area (Å²) >= 11 is 6.81. The number of benzene rings is 1. The van der Waals surface area contributed by atoms with Gasteiger partial charge >= 0.3 is 7.60 Å². The van der Waals surface area contributed by atoms with Crippen molar-refractivity contribution < 1.29 is 13.6 Å². The number of hydrogen-bond donors (Lipinski definition) is 0. The van der Waals surface area contributed by atoms with Gasteiger partial charge in [0.05, 0.1) is 12.2 Å². The maximum absolute atomic E-state index is 13.5. The molecule has 1 unspecified atom stereocenters. The summed E-state index contributed by atoms with van der Waals surface area (Å²) in [6.45, 7) is 7.45. The SMILES string of the molecule is CC(C)OP(=O)(OC(C)C)C1SC(=S)N(C)c2ccccc21. The van der Waals surface area contributed by atoms with Gasteiger partial charge in [-0.05, 0) is 33.8 Å². The Balaban J connectivity index is 2.50. The molecular formula is C15H22NO3PS2. The Morgan fingerprint density at radius 2 is 1.73 bits per heavy atom. The molecule has 22 heavy (non-hydrogen) atoms. The van der Waals surface area contributed by atoms with Gasteiger partial charge in [-0.2, -0.15) is 0 Å². The second-order valence-electron chi connectivity index (χ2n) is 5.70. The van der Waals surface area contributed by atoms with Gasteiger partial charge in [-0.3, -0.25) is 4.57 Å². The molecule has 0 radical (unpaired) electrons. The Morgan fingerprint density at radius 3 is 2.27 bits per heavy atom. The molecule has 0 aliphatic carbocycles. The summed E-state index contributed by atoms with van der Waals surface area (Å²) in [7, 11) is -1.44. The lowest BCUT2D eigenvalue weighted by molar-refractivity contribution is 0.141. The molecule has 1 aromatic carbocycles. The lowest BCUT2D eigenvalue weighted by Gasteiger charge is -2.37. The average molecular weight is 359 g/mol. The van der Waals surface area contributed by atoms with E-state index in [2.05, 4.69) is 0 Å². The van der Waals surface area contributed by atoms with Crippen LogP contribution in [0.4, 0.5) is 5.69 Å². The number of hydrogen-bond acceptors (Lipinski definition) is 5. The lowest BCUT2D eigenvalue weighted by atomic mass is 10.2. The summed E-state index contributed by atoms with van der Waals surface area (Å²) in [6, 6.07) is 7.82. The van der Waals surface area contributed by atoms with Crippen LogP contribution in [0.2, 0.25) is 0 Å². The van der Waals surface area contributed by atoms with Crippen LogP contribution in [-0.4, -0.2) is 23.6 Å². The molecule has 1 heterocycles. The van der Waals surface area contributed by atoms with E-state index < -0.39 is 12.6 Å². The summed E-state index contributed by atoms with van der Waals surface area (Å²) in [5, 5.41) is 0. The third-order valence-electron chi connectivity index (χ3n) is 3.05. The van der Waals surface area contributed by atoms with E-state index in [-0.39, 0.29) is 12.2 Å². The number of fused-ring (bicyclic) bond motifs is 1. The van der Waals surface area contributed by atoms with Crippen molar-refractivity contribution >= 4 is 41.6 Å². The second-order valence-corrected chi connectivity index (χ2v) is 9.81. The molecule has 0 amide bonds. The average Bonchev–Trinajstić information content (AvgIpc) is 2.41. The molecule has 4 nitrogen and oxygen atoms in total. The summed E-state index contributed by atoms with van der Waals surface area (Å²) in [4.78, 5) is 1.50. The third-order valence-corrected chi connectivity index (χ3v) is 7.94. The van der Waals surface area contributed by atoms with E-state index in [1.165, 1.54) is 11.8 Å². The molecule has 0 saturated heterocycles. The van der Waals surface area contributed by atoms with Crippen LogP contribution in [0.1, 0.15) is 38.2 Å². The zero-order valence-electron chi connectivity index (χ0n) is 13.5. The number of rotatable bonds is 5. The first-order valence-corrected chi connectivity index (χ1v) is 10.1. The molecule has 0 N–H and O–H groups in total. The molecule has 0 bridgehead atoms. The van der Waals surface area contributed by atoms with Gasteiger partial charge in [0.1, 0.15) is 9.31 Å². The number of anilines is 1. The second kappa shape index (κ2) is 7.02. The van der Waals surface area contributed by atoms with Gasteiger partial charge in [0.2, 0.25) is 0 Å². The van der Waals surface area contributed by atoms with Crippen LogP contribution >= 0.6 is 31.6 Å². The number of nitrogens with zero attached hydrogens (tertiary/aromatic N) is 1. The molecule has 1 aromatic rings. The Labute approximate surface area is 142 Å². The van der Waals surface area contributed by atoms with Crippen molar-refractivity contribution in [2.75, 3.05) is 11.9 Å². The summed E-state index contributed by atoms with van der Waals surface area (Å²) in [5.41, 5.74) is 1.89. The minimum absolute atomic E-state index is 0.189. The lowest BCUT2D eigenvalue weighted by Crippen LogP contribution is -2.29. The zero-order valence-corrected chi connectivity index (χ0v) is 16.0. The van der Waals surface area contributed by atoms with Crippen molar-refractivity contribution in [1.29, 1.82) is 0 Å². The van der Waals surface area contributed by atoms with Crippen molar-refractivity contribution in [3.63, 3.8) is 0 Å². The molecule has 1 aliphatic heterocycles. The highest BCUT2D eigenvalue weighted by Gasteiger charge is 2.44. The highest BCUT2D eigenvalue weighted by molar-refractivity contribution is 8.26. The molecule has 0 fully saturated rings. The molecule has 0 aromatic heterocycles. The van der Waals surface area contributed by atoms with Crippen molar-refractivity contribution in [1.82, 2.24) is 0 Å². The molecule has 0 saturated carbocycles. The summed E-state index contributed by atoms with van der Waals surface area (Å²) in [6.07, 6.45) is -0.379. The van der Waals surface area contributed by atoms with Gasteiger partial charge in [-0.25, -0.2) is 0 Å². The van der Waals surface area contributed by atoms with E-state index in [1.54, 1.807) is 0 Å². The Morgan fingerprint density at radius 1 is 1.18 bits per heavy atom. The molecule has 7 heteroatoms. The predicted octanol–water partition coefficient (Wildman–Crippen LogP) is 5.20. The Bertz CT molecular complexity index is 592. The van der Waals surface area contributed by atoms with E-state index in [4.69, 9.17) is 21.3 Å². The van der Waals surface area contributed by atoms with E-state index in [0.717, 1.165) is 11.3 Å².